The Labute approximate surface area is 135 Å². The molecule has 2 aromatic heterocycles. The second kappa shape index (κ2) is 6.49. The van der Waals surface area contributed by atoms with E-state index < -0.39 is 0 Å². The van der Waals surface area contributed by atoms with Crippen LogP contribution in [0.1, 0.15) is 9.67 Å². The van der Waals surface area contributed by atoms with E-state index in [4.69, 9.17) is 13.9 Å². The largest absolute Gasteiger partial charge is 0.493 e. The van der Waals surface area contributed by atoms with Gasteiger partial charge in [0.25, 0.3) is 5.91 Å². The predicted octanol–water partition coefficient (Wildman–Crippen LogP) is 3.07. The molecule has 0 unspecified atom stereocenters. The van der Waals surface area contributed by atoms with Crippen molar-refractivity contribution < 1.29 is 18.7 Å². The first-order valence-corrected chi connectivity index (χ1v) is 7.50. The van der Waals surface area contributed by atoms with Crippen LogP contribution in [-0.4, -0.2) is 30.3 Å². The van der Waals surface area contributed by atoms with E-state index in [-0.39, 0.29) is 17.8 Å². The highest BCUT2D eigenvalue weighted by atomic mass is 32.1. The monoisotopic (exact) mass is 331 g/mol. The molecular weight excluding hydrogens is 318 g/mol. The molecule has 2 heterocycles. The van der Waals surface area contributed by atoms with Crippen LogP contribution in [0.5, 0.6) is 11.5 Å². The van der Waals surface area contributed by atoms with Gasteiger partial charge in [0.05, 0.1) is 19.1 Å². The van der Waals surface area contributed by atoms with Gasteiger partial charge in [-0.1, -0.05) is 11.2 Å². The van der Waals surface area contributed by atoms with E-state index in [1.54, 1.807) is 44.6 Å². The molecule has 8 heteroatoms. The van der Waals surface area contributed by atoms with E-state index >= 15 is 0 Å². The molecule has 0 saturated heterocycles. The number of carbonyl (C=O) groups excluding carboxylic acids is 1. The minimum absolute atomic E-state index is 0.0354. The predicted molar refractivity (Wildman–Crippen MR) is 85.1 cm³/mol. The zero-order chi connectivity index (χ0) is 16.2. The molecule has 1 N–H and O–H groups in total. The number of aromatic nitrogens is 2. The summed E-state index contributed by atoms with van der Waals surface area (Å²) in [5.74, 6) is 1.13. The number of hydrogen-bond acceptors (Lipinski definition) is 7. The van der Waals surface area contributed by atoms with Crippen molar-refractivity contribution in [3.05, 3.63) is 40.6 Å². The highest BCUT2D eigenvalue weighted by molar-refractivity contribution is 7.12. The van der Waals surface area contributed by atoms with Gasteiger partial charge >= 0.3 is 6.01 Å². The fraction of sp³-hybridized carbons (Fsp3) is 0.133. The maximum Gasteiger partial charge on any atom is 0.322 e. The molecule has 0 radical (unpaired) electrons. The minimum atomic E-state index is -0.289. The summed E-state index contributed by atoms with van der Waals surface area (Å²) >= 11 is 1.33. The number of nitrogens with one attached hydrogen (secondary N) is 1. The molecule has 0 aliphatic carbocycles. The highest BCUT2D eigenvalue weighted by Gasteiger charge is 2.15. The molecule has 0 aliphatic heterocycles. The molecule has 0 bridgehead atoms. The number of anilines is 1. The third-order valence-electron chi connectivity index (χ3n) is 3.02. The van der Waals surface area contributed by atoms with E-state index in [9.17, 15) is 4.79 Å². The molecular formula is C15H13N3O4S. The number of hydrogen-bond donors (Lipinski definition) is 1. The molecule has 1 aromatic carbocycles. The number of thiophene rings is 1. The highest BCUT2D eigenvalue weighted by Crippen LogP contribution is 2.32. The number of amides is 1. The van der Waals surface area contributed by atoms with E-state index in [1.807, 2.05) is 5.38 Å². The number of rotatable bonds is 5. The Morgan fingerprint density at radius 2 is 2.00 bits per heavy atom. The quantitative estimate of drug-likeness (QED) is 0.773. The summed E-state index contributed by atoms with van der Waals surface area (Å²) in [7, 11) is 3.10. The Morgan fingerprint density at radius 1 is 1.17 bits per heavy atom. The van der Waals surface area contributed by atoms with Gasteiger partial charge in [-0.15, -0.1) is 16.4 Å². The lowest BCUT2D eigenvalue weighted by Gasteiger charge is -2.07. The van der Waals surface area contributed by atoms with Gasteiger partial charge in [-0.2, -0.15) is 0 Å². The van der Waals surface area contributed by atoms with Gasteiger partial charge < -0.3 is 13.9 Å². The van der Waals surface area contributed by atoms with Crippen LogP contribution < -0.4 is 14.8 Å². The van der Waals surface area contributed by atoms with Crippen LogP contribution in [0.15, 0.2) is 40.1 Å². The Bertz CT molecular complexity index is 814. The number of benzene rings is 1. The van der Waals surface area contributed by atoms with Crippen LogP contribution >= 0.6 is 11.3 Å². The first kappa shape index (κ1) is 15.0. The van der Waals surface area contributed by atoms with Gasteiger partial charge in [0.1, 0.15) is 0 Å². The van der Waals surface area contributed by atoms with Gasteiger partial charge in [0, 0.05) is 5.56 Å². The normalized spacial score (nSPS) is 10.3. The maximum atomic E-state index is 11.9. The van der Waals surface area contributed by atoms with Gasteiger partial charge in [0.2, 0.25) is 5.89 Å². The van der Waals surface area contributed by atoms with Crippen LogP contribution in [0.3, 0.4) is 0 Å². The molecule has 7 nitrogen and oxygen atoms in total. The molecule has 0 atom stereocenters. The lowest BCUT2D eigenvalue weighted by atomic mass is 10.2. The zero-order valence-electron chi connectivity index (χ0n) is 12.4. The molecule has 118 valence electrons. The average Bonchev–Trinajstić information content (AvgIpc) is 3.25. The van der Waals surface area contributed by atoms with Crippen molar-refractivity contribution in [2.45, 2.75) is 0 Å². The molecule has 3 aromatic rings. The molecule has 0 saturated carbocycles. The van der Waals surface area contributed by atoms with Gasteiger partial charge in [-0.3, -0.25) is 10.1 Å². The van der Waals surface area contributed by atoms with E-state index in [1.165, 1.54) is 11.3 Å². The summed E-state index contributed by atoms with van der Waals surface area (Å²) < 4.78 is 15.9. The SMILES string of the molecule is COc1ccc(-c2nnc(NC(=O)c3cccs3)o2)cc1OC. The third kappa shape index (κ3) is 3.16. The van der Waals surface area contributed by atoms with Crippen molar-refractivity contribution in [1.82, 2.24) is 10.2 Å². The zero-order valence-corrected chi connectivity index (χ0v) is 13.2. The third-order valence-corrected chi connectivity index (χ3v) is 3.89. The van der Waals surface area contributed by atoms with Gasteiger partial charge in [-0.05, 0) is 29.6 Å². The molecule has 1 amide bonds. The van der Waals surface area contributed by atoms with Crippen LogP contribution in [0.25, 0.3) is 11.5 Å². The summed E-state index contributed by atoms with van der Waals surface area (Å²) in [6, 6.07) is 8.76. The maximum absolute atomic E-state index is 11.9. The Hall–Kier alpha value is -2.87. The summed E-state index contributed by atoms with van der Waals surface area (Å²) in [5, 5.41) is 12.1. The van der Waals surface area contributed by atoms with Crippen molar-refractivity contribution >= 4 is 23.3 Å². The van der Waals surface area contributed by atoms with E-state index in [0.717, 1.165) is 0 Å². The first-order chi connectivity index (χ1) is 11.2. The molecule has 3 rings (SSSR count). The van der Waals surface area contributed by atoms with Crippen molar-refractivity contribution in [3.63, 3.8) is 0 Å². The van der Waals surface area contributed by atoms with Crippen LogP contribution in [-0.2, 0) is 0 Å². The number of carbonyl (C=O) groups is 1. The number of ether oxygens (including phenoxy) is 2. The smallest absolute Gasteiger partial charge is 0.322 e. The Morgan fingerprint density at radius 3 is 2.70 bits per heavy atom. The molecule has 23 heavy (non-hydrogen) atoms. The lowest BCUT2D eigenvalue weighted by Crippen LogP contribution is -2.10. The summed E-state index contributed by atoms with van der Waals surface area (Å²) in [6.07, 6.45) is 0. The summed E-state index contributed by atoms with van der Waals surface area (Å²) in [4.78, 5) is 12.5. The van der Waals surface area contributed by atoms with Crippen molar-refractivity contribution in [2.75, 3.05) is 19.5 Å². The summed E-state index contributed by atoms with van der Waals surface area (Å²) in [5.41, 5.74) is 0.659. The van der Waals surface area contributed by atoms with E-state index in [0.29, 0.717) is 21.9 Å². The fourth-order valence-corrected chi connectivity index (χ4v) is 2.55. The average molecular weight is 331 g/mol. The number of nitrogens with zero attached hydrogens (tertiary/aromatic N) is 2. The van der Waals surface area contributed by atoms with Crippen LogP contribution in [0, 0.1) is 0 Å². The Kier molecular flexibility index (Phi) is 4.24. The van der Waals surface area contributed by atoms with Gasteiger partial charge in [0.15, 0.2) is 11.5 Å². The van der Waals surface area contributed by atoms with E-state index in [2.05, 4.69) is 15.5 Å². The van der Waals surface area contributed by atoms with Crippen LogP contribution in [0.2, 0.25) is 0 Å². The van der Waals surface area contributed by atoms with Crippen molar-refractivity contribution in [1.29, 1.82) is 0 Å². The topological polar surface area (TPSA) is 86.5 Å². The van der Waals surface area contributed by atoms with Crippen LogP contribution in [0.4, 0.5) is 6.01 Å². The lowest BCUT2D eigenvalue weighted by molar-refractivity contribution is 0.102. The standard InChI is InChI=1S/C15H13N3O4S/c1-20-10-6-5-9(8-11(10)21-2)14-17-18-15(22-14)16-13(19)12-4-3-7-23-12/h3-8H,1-2H3,(H,16,18,19). The minimum Gasteiger partial charge on any atom is -0.493 e. The van der Waals surface area contributed by atoms with Gasteiger partial charge in [-0.25, -0.2) is 0 Å². The Balaban J connectivity index is 1.80. The summed E-state index contributed by atoms with van der Waals surface area (Å²) in [6.45, 7) is 0. The van der Waals surface area contributed by atoms with Crippen molar-refractivity contribution in [3.8, 4) is 23.0 Å². The first-order valence-electron chi connectivity index (χ1n) is 6.62. The molecule has 0 aliphatic rings. The second-order valence-corrected chi connectivity index (χ2v) is 5.36. The second-order valence-electron chi connectivity index (χ2n) is 4.41. The fourth-order valence-electron chi connectivity index (χ4n) is 1.93. The molecule has 0 spiro atoms. The molecule has 0 fully saturated rings. The van der Waals surface area contributed by atoms with Crippen molar-refractivity contribution in [2.24, 2.45) is 0 Å². The number of methoxy groups -OCH3 is 2.